The summed E-state index contributed by atoms with van der Waals surface area (Å²) in [6, 6.07) is 8.74. The minimum Gasteiger partial charge on any atom is -0.410 e. The zero-order chi connectivity index (χ0) is 16.4. The molecule has 0 aromatic heterocycles. The normalized spacial score (nSPS) is 18.4. The van der Waals surface area contributed by atoms with Crippen LogP contribution in [0.25, 0.3) is 0 Å². The summed E-state index contributed by atoms with van der Waals surface area (Å²) in [5.41, 5.74) is 2.67. The van der Waals surface area contributed by atoms with Crippen LogP contribution in [0.3, 0.4) is 0 Å². The number of hydrogen-bond acceptors (Lipinski definition) is 3. The van der Waals surface area contributed by atoms with Crippen LogP contribution in [-0.4, -0.2) is 34.5 Å². The van der Waals surface area contributed by atoms with Crippen molar-refractivity contribution in [3.05, 3.63) is 29.8 Å². The number of hydrogen-bond donors (Lipinski definition) is 1. The molecule has 1 aliphatic heterocycles. The van der Waals surface area contributed by atoms with E-state index in [2.05, 4.69) is 75.3 Å². The van der Waals surface area contributed by atoms with Crippen molar-refractivity contribution in [2.24, 2.45) is 0 Å². The van der Waals surface area contributed by atoms with E-state index in [1.807, 2.05) is 0 Å². The summed E-state index contributed by atoms with van der Waals surface area (Å²) in [4.78, 5) is 2.48. The molecule has 4 heteroatoms. The molecule has 1 N–H and O–H groups in total. The Morgan fingerprint density at radius 2 is 1.73 bits per heavy atom. The highest BCUT2D eigenvalue weighted by molar-refractivity contribution is 6.74. The maximum absolute atomic E-state index is 6.62. The molecule has 0 unspecified atom stereocenters. The van der Waals surface area contributed by atoms with E-state index in [0.717, 1.165) is 26.2 Å². The number of rotatable bonds is 4. The lowest BCUT2D eigenvalue weighted by Gasteiger charge is -2.39. The van der Waals surface area contributed by atoms with Crippen LogP contribution in [0.4, 0.5) is 5.69 Å². The number of benzene rings is 1. The SMILES string of the molecule is C[C@@H](O[Si](C)(C)C(C)(C)C)c1ccccc1N1CCNCC1. The molecule has 0 saturated carbocycles. The Labute approximate surface area is 137 Å². The molecule has 0 amide bonds. The van der Waals surface area contributed by atoms with Crippen molar-refractivity contribution >= 4 is 14.0 Å². The zero-order valence-electron chi connectivity index (χ0n) is 15.1. The van der Waals surface area contributed by atoms with E-state index < -0.39 is 8.32 Å². The van der Waals surface area contributed by atoms with E-state index in [9.17, 15) is 0 Å². The van der Waals surface area contributed by atoms with Crippen LogP contribution in [0.1, 0.15) is 39.4 Å². The van der Waals surface area contributed by atoms with Crippen LogP contribution < -0.4 is 10.2 Å². The second-order valence-corrected chi connectivity index (χ2v) is 12.6. The van der Waals surface area contributed by atoms with Gasteiger partial charge in [0.2, 0.25) is 0 Å². The standard InChI is InChI=1S/C18H32N2OSi/c1-15(21-22(5,6)18(2,3)4)16-9-7-8-10-17(16)20-13-11-19-12-14-20/h7-10,15,19H,11-14H2,1-6H3/t15-/m1/s1. The number of piperazine rings is 1. The second-order valence-electron chi connectivity index (χ2n) is 7.82. The molecule has 1 atom stereocenters. The largest absolute Gasteiger partial charge is 0.410 e. The Hall–Kier alpha value is -0.843. The van der Waals surface area contributed by atoms with E-state index in [0.29, 0.717) is 0 Å². The maximum atomic E-state index is 6.62. The summed E-state index contributed by atoms with van der Waals surface area (Å²) in [6.07, 6.45) is 0.145. The van der Waals surface area contributed by atoms with Gasteiger partial charge < -0.3 is 14.6 Å². The average Bonchev–Trinajstić information content (AvgIpc) is 2.46. The molecule has 124 valence electrons. The average molecular weight is 321 g/mol. The highest BCUT2D eigenvalue weighted by atomic mass is 28.4. The lowest BCUT2D eigenvalue weighted by atomic mass is 10.1. The smallest absolute Gasteiger partial charge is 0.192 e. The van der Waals surface area contributed by atoms with Gasteiger partial charge in [0.1, 0.15) is 0 Å². The van der Waals surface area contributed by atoms with Gasteiger partial charge in [-0.15, -0.1) is 0 Å². The van der Waals surface area contributed by atoms with E-state index >= 15 is 0 Å². The third-order valence-corrected chi connectivity index (χ3v) is 9.67. The molecular weight excluding hydrogens is 288 g/mol. The quantitative estimate of drug-likeness (QED) is 0.842. The van der Waals surface area contributed by atoms with Gasteiger partial charge in [0.05, 0.1) is 6.10 Å². The first-order valence-corrected chi connectivity index (χ1v) is 11.4. The van der Waals surface area contributed by atoms with Crippen molar-refractivity contribution in [3.63, 3.8) is 0 Å². The molecule has 3 nitrogen and oxygen atoms in total. The van der Waals surface area contributed by atoms with E-state index in [-0.39, 0.29) is 11.1 Å². The van der Waals surface area contributed by atoms with Crippen LogP contribution in [0.2, 0.25) is 18.1 Å². The van der Waals surface area contributed by atoms with Crippen molar-refractivity contribution in [3.8, 4) is 0 Å². The van der Waals surface area contributed by atoms with Crippen molar-refractivity contribution in [2.45, 2.75) is 51.9 Å². The van der Waals surface area contributed by atoms with E-state index in [4.69, 9.17) is 4.43 Å². The fraction of sp³-hybridized carbons (Fsp3) is 0.667. The highest BCUT2D eigenvalue weighted by Gasteiger charge is 2.39. The lowest BCUT2D eigenvalue weighted by Crippen LogP contribution is -2.44. The summed E-state index contributed by atoms with van der Waals surface area (Å²) in [5.74, 6) is 0. The van der Waals surface area contributed by atoms with Crippen molar-refractivity contribution in [1.29, 1.82) is 0 Å². The number of nitrogens with zero attached hydrogens (tertiary/aromatic N) is 1. The van der Waals surface area contributed by atoms with Crippen molar-refractivity contribution < 1.29 is 4.43 Å². The Bertz CT molecular complexity index is 490. The van der Waals surface area contributed by atoms with Crippen LogP contribution >= 0.6 is 0 Å². The molecule has 22 heavy (non-hydrogen) atoms. The minimum atomic E-state index is -1.75. The molecule has 0 bridgehead atoms. The van der Waals surface area contributed by atoms with Crippen LogP contribution in [0.15, 0.2) is 24.3 Å². The van der Waals surface area contributed by atoms with Crippen molar-refractivity contribution in [2.75, 3.05) is 31.1 Å². The van der Waals surface area contributed by atoms with Gasteiger partial charge in [0.15, 0.2) is 8.32 Å². The highest BCUT2D eigenvalue weighted by Crippen LogP contribution is 2.41. The minimum absolute atomic E-state index is 0.145. The Morgan fingerprint density at radius 1 is 1.14 bits per heavy atom. The van der Waals surface area contributed by atoms with Crippen LogP contribution in [0.5, 0.6) is 0 Å². The molecule has 1 aromatic rings. The van der Waals surface area contributed by atoms with Gasteiger partial charge in [-0.25, -0.2) is 0 Å². The molecular formula is C18H32N2OSi. The third-order valence-electron chi connectivity index (χ3n) is 5.11. The van der Waals surface area contributed by atoms with Crippen LogP contribution in [0, 0.1) is 0 Å². The summed E-state index contributed by atoms with van der Waals surface area (Å²) in [7, 11) is -1.75. The Balaban J connectivity index is 2.21. The maximum Gasteiger partial charge on any atom is 0.192 e. The monoisotopic (exact) mass is 320 g/mol. The molecule has 0 spiro atoms. The Morgan fingerprint density at radius 3 is 2.32 bits per heavy atom. The molecule has 1 heterocycles. The second kappa shape index (κ2) is 6.73. The first-order valence-electron chi connectivity index (χ1n) is 8.45. The van der Waals surface area contributed by atoms with Gasteiger partial charge in [-0.05, 0) is 31.1 Å². The number of anilines is 1. The summed E-state index contributed by atoms with van der Waals surface area (Å²) >= 11 is 0. The fourth-order valence-electron chi connectivity index (χ4n) is 2.71. The van der Waals surface area contributed by atoms with Gasteiger partial charge in [-0.3, -0.25) is 0 Å². The third kappa shape index (κ3) is 3.92. The molecule has 0 aliphatic carbocycles. The lowest BCUT2D eigenvalue weighted by molar-refractivity contribution is 0.203. The first-order chi connectivity index (χ1) is 10.2. The summed E-state index contributed by atoms with van der Waals surface area (Å²) in [6.45, 7) is 18.0. The summed E-state index contributed by atoms with van der Waals surface area (Å²) < 4.78 is 6.62. The first kappa shape index (κ1) is 17.5. The Kier molecular flexibility index (Phi) is 5.36. The van der Waals surface area contributed by atoms with E-state index in [1.54, 1.807) is 0 Å². The van der Waals surface area contributed by atoms with Crippen LogP contribution in [-0.2, 0) is 4.43 Å². The number of nitrogens with one attached hydrogen (secondary N) is 1. The van der Waals surface area contributed by atoms with Gasteiger partial charge in [0, 0.05) is 37.4 Å². The van der Waals surface area contributed by atoms with Gasteiger partial charge >= 0.3 is 0 Å². The predicted molar refractivity (Wildman–Crippen MR) is 98.2 cm³/mol. The topological polar surface area (TPSA) is 24.5 Å². The molecule has 2 rings (SSSR count). The zero-order valence-corrected chi connectivity index (χ0v) is 16.1. The molecule has 1 aliphatic rings. The van der Waals surface area contributed by atoms with Crippen molar-refractivity contribution in [1.82, 2.24) is 5.32 Å². The molecule has 1 fully saturated rings. The number of para-hydroxylation sites is 1. The van der Waals surface area contributed by atoms with E-state index in [1.165, 1.54) is 11.3 Å². The molecule has 1 aromatic carbocycles. The molecule has 0 radical (unpaired) electrons. The van der Waals surface area contributed by atoms with Gasteiger partial charge in [-0.2, -0.15) is 0 Å². The summed E-state index contributed by atoms with van der Waals surface area (Å²) in [5, 5.41) is 3.67. The van der Waals surface area contributed by atoms with Gasteiger partial charge in [-0.1, -0.05) is 39.0 Å². The fourth-order valence-corrected chi connectivity index (χ4v) is 4.07. The molecule has 1 saturated heterocycles. The van der Waals surface area contributed by atoms with Gasteiger partial charge in [0.25, 0.3) is 0 Å². The predicted octanol–water partition coefficient (Wildman–Crippen LogP) is 4.18.